The Morgan fingerprint density at radius 3 is 2.50 bits per heavy atom. The average Bonchev–Trinajstić information content (AvgIpc) is 2.00. The van der Waals surface area contributed by atoms with Gasteiger partial charge < -0.3 is 5.32 Å². The van der Waals surface area contributed by atoms with E-state index >= 15 is 0 Å². The van der Waals surface area contributed by atoms with E-state index in [0.717, 1.165) is 18.0 Å². The van der Waals surface area contributed by atoms with E-state index in [1.165, 1.54) is 32.1 Å². The molecule has 1 heteroatoms. The highest BCUT2D eigenvalue weighted by Crippen LogP contribution is 2.23. The number of hydrogen-bond acceptors (Lipinski definition) is 1. The minimum absolute atomic E-state index is 0.844. The van der Waals surface area contributed by atoms with Crippen molar-refractivity contribution in [3.8, 4) is 0 Å². The summed E-state index contributed by atoms with van der Waals surface area (Å²) in [5.41, 5.74) is 0. The molecule has 3 atom stereocenters. The Morgan fingerprint density at radius 2 is 2.00 bits per heavy atom. The van der Waals surface area contributed by atoms with E-state index < -0.39 is 0 Å². The predicted octanol–water partition coefficient (Wildman–Crippen LogP) is 2.95. The van der Waals surface area contributed by atoms with Gasteiger partial charge in [-0.15, -0.1) is 0 Å². The van der Waals surface area contributed by atoms with Gasteiger partial charge in [-0.1, -0.05) is 33.6 Å². The highest BCUT2D eigenvalue weighted by Gasteiger charge is 2.27. The predicted molar refractivity (Wildman–Crippen MR) is 54.3 cm³/mol. The van der Waals surface area contributed by atoms with Gasteiger partial charge >= 0.3 is 0 Å². The van der Waals surface area contributed by atoms with Crippen LogP contribution in [0.2, 0.25) is 0 Å². The van der Waals surface area contributed by atoms with Crippen LogP contribution in [0.15, 0.2) is 0 Å². The summed E-state index contributed by atoms with van der Waals surface area (Å²) in [7, 11) is 0. The van der Waals surface area contributed by atoms with Crippen LogP contribution in [0, 0.1) is 5.92 Å². The van der Waals surface area contributed by atoms with Crippen LogP contribution >= 0.6 is 0 Å². The van der Waals surface area contributed by atoms with Gasteiger partial charge in [0.1, 0.15) is 0 Å². The Bertz CT molecular complexity index is 116. The fraction of sp³-hybridized carbons (Fsp3) is 1.00. The molecule has 1 rings (SSSR count). The monoisotopic (exact) mass is 169 g/mol. The molecule has 0 aliphatic carbocycles. The second kappa shape index (κ2) is 4.86. The molecule has 0 saturated carbocycles. The molecular weight excluding hydrogens is 146 g/mol. The zero-order valence-electron chi connectivity index (χ0n) is 8.77. The van der Waals surface area contributed by atoms with E-state index in [2.05, 4.69) is 26.1 Å². The highest BCUT2D eigenvalue weighted by atomic mass is 15.0. The zero-order chi connectivity index (χ0) is 8.97. The second-order valence-electron chi connectivity index (χ2n) is 4.33. The molecule has 0 bridgehead atoms. The average molecular weight is 169 g/mol. The fourth-order valence-corrected chi connectivity index (χ4v) is 2.02. The molecule has 0 spiro atoms. The first kappa shape index (κ1) is 10.0. The first-order valence-electron chi connectivity index (χ1n) is 5.52. The Labute approximate surface area is 76.9 Å². The normalized spacial score (nSPS) is 31.2. The third-order valence-corrected chi connectivity index (χ3v) is 3.06. The largest absolute Gasteiger partial charge is 0.311 e. The van der Waals surface area contributed by atoms with Crippen LogP contribution in [0.1, 0.15) is 52.9 Å². The summed E-state index contributed by atoms with van der Waals surface area (Å²) < 4.78 is 0. The van der Waals surface area contributed by atoms with Crippen molar-refractivity contribution in [1.82, 2.24) is 5.32 Å². The lowest BCUT2D eigenvalue weighted by molar-refractivity contribution is 0.215. The van der Waals surface area contributed by atoms with E-state index in [1.807, 2.05) is 0 Å². The van der Waals surface area contributed by atoms with Crippen molar-refractivity contribution in [2.24, 2.45) is 5.92 Å². The van der Waals surface area contributed by atoms with Crippen molar-refractivity contribution in [1.29, 1.82) is 0 Å². The van der Waals surface area contributed by atoms with Crippen LogP contribution in [-0.2, 0) is 0 Å². The summed E-state index contributed by atoms with van der Waals surface area (Å²) in [5, 5.41) is 3.65. The second-order valence-corrected chi connectivity index (χ2v) is 4.33. The third-order valence-electron chi connectivity index (χ3n) is 3.06. The summed E-state index contributed by atoms with van der Waals surface area (Å²) in [6.07, 6.45) is 6.84. The van der Waals surface area contributed by atoms with E-state index in [0.29, 0.717) is 0 Å². The smallest absolute Gasteiger partial charge is 0.00870 e. The molecule has 3 unspecified atom stereocenters. The van der Waals surface area contributed by atoms with Crippen molar-refractivity contribution < 1.29 is 0 Å². The summed E-state index contributed by atoms with van der Waals surface area (Å²) >= 11 is 0. The summed E-state index contributed by atoms with van der Waals surface area (Å²) in [4.78, 5) is 0. The van der Waals surface area contributed by atoms with Crippen LogP contribution in [0.5, 0.6) is 0 Å². The SMILES string of the molecule is CCCC1CC(CC(C)CC)N1. The molecular formula is C11H23N. The zero-order valence-corrected chi connectivity index (χ0v) is 8.77. The summed E-state index contributed by atoms with van der Waals surface area (Å²) in [6.45, 7) is 6.91. The number of nitrogens with one attached hydrogen (secondary N) is 1. The molecule has 0 aromatic carbocycles. The quantitative estimate of drug-likeness (QED) is 0.667. The van der Waals surface area contributed by atoms with Crippen molar-refractivity contribution in [3.63, 3.8) is 0 Å². The molecule has 1 fully saturated rings. The van der Waals surface area contributed by atoms with Gasteiger partial charge in [0.05, 0.1) is 0 Å². The molecule has 0 amide bonds. The van der Waals surface area contributed by atoms with Crippen LogP contribution in [0.4, 0.5) is 0 Å². The molecule has 1 saturated heterocycles. The molecule has 12 heavy (non-hydrogen) atoms. The van der Waals surface area contributed by atoms with Crippen LogP contribution in [0.25, 0.3) is 0 Å². The van der Waals surface area contributed by atoms with Gasteiger partial charge in [-0.25, -0.2) is 0 Å². The lowest BCUT2D eigenvalue weighted by Crippen LogP contribution is -2.52. The minimum atomic E-state index is 0.844. The van der Waals surface area contributed by atoms with Crippen molar-refractivity contribution in [2.75, 3.05) is 0 Å². The van der Waals surface area contributed by atoms with Gasteiger partial charge in [-0.05, 0) is 25.2 Å². The van der Waals surface area contributed by atoms with Crippen LogP contribution in [-0.4, -0.2) is 12.1 Å². The van der Waals surface area contributed by atoms with Gasteiger partial charge in [-0.3, -0.25) is 0 Å². The Hall–Kier alpha value is -0.0400. The summed E-state index contributed by atoms with van der Waals surface area (Å²) in [6, 6.07) is 1.69. The lowest BCUT2D eigenvalue weighted by Gasteiger charge is -2.38. The van der Waals surface area contributed by atoms with Gasteiger partial charge in [-0.2, -0.15) is 0 Å². The maximum absolute atomic E-state index is 3.65. The lowest BCUT2D eigenvalue weighted by atomic mass is 9.86. The minimum Gasteiger partial charge on any atom is -0.311 e. The molecule has 1 nitrogen and oxygen atoms in total. The molecule has 0 aromatic heterocycles. The molecule has 1 heterocycles. The number of rotatable bonds is 5. The number of hydrogen-bond donors (Lipinski definition) is 1. The molecule has 1 N–H and O–H groups in total. The van der Waals surface area contributed by atoms with Gasteiger partial charge in [0.25, 0.3) is 0 Å². The van der Waals surface area contributed by atoms with E-state index in [-0.39, 0.29) is 0 Å². The molecule has 1 aliphatic rings. The summed E-state index contributed by atoms with van der Waals surface area (Å²) in [5.74, 6) is 0.907. The topological polar surface area (TPSA) is 12.0 Å². The standard InChI is InChI=1S/C11H23N/c1-4-6-10-8-11(12-10)7-9(3)5-2/h9-12H,4-8H2,1-3H3. The van der Waals surface area contributed by atoms with E-state index in [9.17, 15) is 0 Å². The molecule has 0 aromatic rings. The first-order valence-corrected chi connectivity index (χ1v) is 5.52. The Kier molecular flexibility index (Phi) is 4.07. The maximum atomic E-state index is 3.65. The Morgan fingerprint density at radius 1 is 1.33 bits per heavy atom. The van der Waals surface area contributed by atoms with Crippen molar-refractivity contribution in [2.45, 2.75) is 65.0 Å². The third kappa shape index (κ3) is 2.78. The van der Waals surface area contributed by atoms with E-state index in [4.69, 9.17) is 0 Å². The molecule has 0 radical (unpaired) electrons. The van der Waals surface area contributed by atoms with Gasteiger partial charge in [0, 0.05) is 12.1 Å². The van der Waals surface area contributed by atoms with Crippen LogP contribution in [0.3, 0.4) is 0 Å². The van der Waals surface area contributed by atoms with Gasteiger partial charge in [0.15, 0.2) is 0 Å². The van der Waals surface area contributed by atoms with Crippen molar-refractivity contribution in [3.05, 3.63) is 0 Å². The van der Waals surface area contributed by atoms with Crippen molar-refractivity contribution >= 4 is 0 Å². The molecule has 1 aliphatic heterocycles. The first-order chi connectivity index (χ1) is 5.76. The van der Waals surface area contributed by atoms with Gasteiger partial charge in [0.2, 0.25) is 0 Å². The Balaban J connectivity index is 2.01. The fourth-order valence-electron chi connectivity index (χ4n) is 2.02. The highest BCUT2D eigenvalue weighted by molar-refractivity contribution is 4.88. The molecule has 72 valence electrons. The maximum Gasteiger partial charge on any atom is 0.00870 e. The van der Waals surface area contributed by atoms with E-state index in [1.54, 1.807) is 0 Å². The van der Waals surface area contributed by atoms with Crippen LogP contribution < -0.4 is 5.32 Å².